The molecule has 1 heterocycles. The van der Waals surface area contributed by atoms with Crippen LogP contribution in [0.3, 0.4) is 0 Å². The minimum absolute atomic E-state index is 0.381. The number of benzene rings is 1. The van der Waals surface area contributed by atoms with Crippen molar-refractivity contribution in [2.75, 3.05) is 12.8 Å². The first-order valence-corrected chi connectivity index (χ1v) is 9.05. The van der Waals surface area contributed by atoms with E-state index in [0.717, 1.165) is 23.7 Å². The highest BCUT2D eigenvalue weighted by Crippen LogP contribution is 2.32. The number of aromatic nitrogens is 1. The maximum Gasteiger partial charge on any atom is 0.123 e. The van der Waals surface area contributed by atoms with Crippen molar-refractivity contribution in [2.24, 2.45) is 0 Å². The van der Waals surface area contributed by atoms with E-state index < -0.39 is 0 Å². The maximum atomic E-state index is 4.74. The lowest BCUT2D eigenvalue weighted by Crippen LogP contribution is -2.18. The Balaban J connectivity index is 2.21. The van der Waals surface area contributed by atoms with Crippen molar-refractivity contribution < 1.29 is 0 Å². The van der Waals surface area contributed by atoms with E-state index in [4.69, 9.17) is 4.98 Å². The van der Waals surface area contributed by atoms with Crippen molar-refractivity contribution in [2.45, 2.75) is 38.1 Å². The van der Waals surface area contributed by atoms with Crippen LogP contribution in [0.2, 0.25) is 0 Å². The van der Waals surface area contributed by atoms with Crippen LogP contribution in [0, 0.1) is 6.92 Å². The maximum absolute atomic E-state index is 4.74. The molecule has 2 aromatic rings. The number of hydrogen-bond acceptors (Lipinski definition) is 4. The summed E-state index contributed by atoms with van der Waals surface area (Å²) in [4.78, 5) is 7.38. The number of hydrogen-bond donors (Lipinski definition) is 1. The Morgan fingerprint density at radius 1 is 1.30 bits per heavy atom. The first-order valence-electron chi connectivity index (χ1n) is 7.00. The summed E-state index contributed by atoms with van der Waals surface area (Å²) in [7, 11) is 0. The van der Waals surface area contributed by atoms with Gasteiger partial charge in [0, 0.05) is 21.4 Å². The van der Waals surface area contributed by atoms with E-state index in [0.29, 0.717) is 6.04 Å². The average molecular weight is 307 g/mol. The second kappa shape index (κ2) is 7.25. The molecule has 20 heavy (non-hydrogen) atoms. The Morgan fingerprint density at radius 2 is 2.00 bits per heavy atom. The van der Waals surface area contributed by atoms with Gasteiger partial charge in [-0.25, -0.2) is 4.98 Å². The van der Waals surface area contributed by atoms with Crippen LogP contribution in [0.15, 0.2) is 29.2 Å². The molecule has 1 aromatic carbocycles. The molecule has 2 nitrogen and oxygen atoms in total. The molecule has 0 amide bonds. The molecule has 2 rings (SSSR count). The average Bonchev–Trinajstić information content (AvgIpc) is 2.87. The molecule has 1 atom stereocenters. The van der Waals surface area contributed by atoms with Gasteiger partial charge in [0.25, 0.3) is 0 Å². The lowest BCUT2D eigenvalue weighted by Gasteiger charge is -2.11. The predicted octanol–water partition coefficient (Wildman–Crippen LogP) is 4.90. The van der Waals surface area contributed by atoms with Gasteiger partial charge >= 0.3 is 0 Å². The summed E-state index contributed by atoms with van der Waals surface area (Å²) in [6.07, 6.45) is 3.26. The molecule has 0 fully saturated rings. The van der Waals surface area contributed by atoms with Gasteiger partial charge in [-0.1, -0.05) is 19.1 Å². The Kier molecular flexibility index (Phi) is 5.64. The molecule has 0 spiro atoms. The van der Waals surface area contributed by atoms with Crippen molar-refractivity contribution in [3.63, 3.8) is 0 Å². The Hall–Kier alpha value is -0.840. The van der Waals surface area contributed by atoms with Gasteiger partial charge in [0.1, 0.15) is 5.01 Å². The summed E-state index contributed by atoms with van der Waals surface area (Å²) in [6.45, 7) is 7.57. The van der Waals surface area contributed by atoms with Gasteiger partial charge in [0.05, 0.1) is 5.69 Å². The van der Waals surface area contributed by atoms with E-state index in [2.05, 4.69) is 56.6 Å². The van der Waals surface area contributed by atoms with Crippen LogP contribution in [0.1, 0.15) is 36.9 Å². The van der Waals surface area contributed by atoms with E-state index in [1.165, 1.54) is 15.3 Å². The molecule has 1 aromatic heterocycles. The lowest BCUT2D eigenvalue weighted by molar-refractivity contribution is 0.575. The molecule has 0 aliphatic heterocycles. The van der Waals surface area contributed by atoms with E-state index in [-0.39, 0.29) is 0 Å². The zero-order chi connectivity index (χ0) is 14.5. The van der Waals surface area contributed by atoms with Crippen LogP contribution in [0.4, 0.5) is 0 Å². The van der Waals surface area contributed by atoms with Gasteiger partial charge in [0.2, 0.25) is 0 Å². The van der Waals surface area contributed by atoms with Crippen LogP contribution in [0.25, 0.3) is 10.6 Å². The molecule has 0 aliphatic rings. The number of nitrogens with zero attached hydrogens (tertiary/aromatic N) is 1. The Morgan fingerprint density at radius 3 is 2.60 bits per heavy atom. The first-order chi connectivity index (χ1) is 9.65. The number of thiazole rings is 1. The summed E-state index contributed by atoms with van der Waals surface area (Å²) < 4.78 is 0. The number of nitrogens with one attached hydrogen (secondary N) is 1. The third-order valence-electron chi connectivity index (χ3n) is 3.26. The minimum Gasteiger partial charge on any atom is -0.309 e. The smallest absolute Gasteiger partial charge is 0.123 e. The van der Waals surface area contributed by atoms with Crippen LogP contribution in [0.5, 0.6) is 0 Å². The summed E-state index contributed by atoms with van der Waals surface area (Å²) in [5, 5.41) is 4.66. The van der Waals surface area contributed by atoms with Crippen molar-refractivity contribution in [3.05, 3.63) is 34.8 Å². The van der Waals surface area contributed by atoms with E-state index in [1.54, 1.807) is 23.1 Å². The second-order valence-corrected chi connectivity index (χ2v) is 6.78. The molecule has 0 saturated heterocycles. The summed E-state index contributed by atoms with van der Waals surface area (Å²) in [5.74, 6) is 0. The van der Waals surface area contributed by atoms with Crippen molar-refractivity contribution in [1.82, 2.24) is 10.3 Å². The van der Waals surface area contributed by atoms with E-state index in [1.807, 2.05) is 0 Å². The van der Waals surface area contributed by atoms with Gasteiger partial charge in [0.15, 0.2) is 0 Å². The Bertz CT molecular complexity index is 546. The lowest BCUT2D eigenvalue weighted by atomic mass is 10.2. The Labute approximate surface area is 130 Å². The molecule has 108 valence electrons. The topological polar surface area (TPSA) is 24.9 Å². The molecular weight excluding hydrogens is 284 g/mol. The molecule has 1 unspecified atom stereocenters. The molecule has 1 N–H and O–H groups in total. The summed E-state index contributed by atoms with van der Waals surface area (Å²) in [6, 6.07) is 9.03. The number of rotatable bonds is 6. The van der Waals surface area contributed by atoms with E-state index >= 15 is 0 Å². The summed E-state index contributed by atoms with van der Waals surface area (Å²) in [5.41, 5.74) is 2.36. The SMILES string of the molecule is CCCNC(C)c1sc(-c2ccc(SC)cc2)nc1C. The second-order valence-electron chi connectivity index (χ2n) is 4.87. The monoisotopic (exact) mass is 306 g/mol. The molecule has 0 bridgehead atoms. The third-order valence-corrected chi connectivity index (χ3v) is 5.40. The van der Waals surface area contributed by atoms with Gasteiger partial charge in [-0.3, -0.25) is 0 Å². The highest BCUT2D eigenvalue weighted by molar-refractivity contribution is 7.98. The highest BCUT2D eigenvalue weighted by Gasteiger charge is 2.14. The predicted molar refractivity (Wildman–Crippen MR) is 90.8 cm³/mol. The van der Waals surface area contributed by atoms with Crippen LogP contribution in [-0.2, 0) is 0 Å². The van der Waals surface area contributed by atoms with Crippen molar-refractivity contribution >= 4 is 23.1 Å². The highest BCUT2D eigenvalue weighted by atomic mass is 32.2. The molecule has 0 saturated carbocycles. The third kappa shape index (κ3) is 3.62. The van der Waals surface area contributed by atoms with E-state index in [9.17, 15) is 0 Å². The standard InChI is InChI=1S/C16H22N2S2/c1-5-10-17-11(2)15-12(3)18-16(20-15)13-6-8-14(19-4)9-7-13/h6-9,11,17H,5,10H2,1-4H3. The van der Waals surface area contributed by atoms with Crippen molar-refractivity contribution in [1.29, 1.82) is 0 Å². The van der Waals surface area contributed by atoms with Crippen LogP contribution < -0.4 is 5.32 Å². The quantitative estimate of drug-likeness (QED) is 0.768. The van der Waals surface area contributed by atoms with Gasteiger partial charge in [-0.05, 0) is 45.2 Å². The molecule has 0 aliphatic carbocycles. The van der Waals surface area contributed by atoms with Gasteiger partial charge in [-0.2, -0.15) is 0 Å². The normalized spacial score (nSPS) is 12.6. The van der Waals surface area contributed by atoms with Crippen molar-refractivity contribution in [3.8, 4) is 10.6 Å². The zero-order valence-electron chi connectivity index (χ0n) is 12.6. The minimum atomic E-state index is 0.381. The molecular formula is C16H22N2S2. The van der Waals surface area contributed by atoms with Gasteiger partial charge in [-0.15, -0.1) is 23.1 Å². The molecule has 0 radical (unpaired) electrons. The largest absolute Gasteiger partial charge is 0.309 e. The zero-order valence-corrected chi connectivity index (χ0v) is 14.2. The number of aryl methyl sites for hydroxylation is 1. The fourth-order valence-corrected chi connectivity index (χ4v) is 3.63. The van der Waals surface area contributed by atoms with Crippen LogP contribution in [-0.4, -0.2) is 17.8 Å². The summed E-state index contributed by atoms with van der Waals surface area (Å²) >= 11 is 3.57. The number of thioether (sulfide) groups is 1. The fourth-order valence-electron chi connectivity index (χ4n) is 2.12. The van der Waals surface area contributed by atoms with Gasteiger partial charge < -0.3 is 5.32 Å². The fraction of sp³-hybridized carbons (Fsp3) is 0.438. The molecule has 4 heteroatoms. The van der Waals surface area contributed by atoms with Crippen LogP contribution >= 0.6 is 23.1 Å². The first kappa shape index (κ1) is 15.5.